The molecule has 1 saturated heterocycles. The number of carbonyl (C=O) groups is 1. The van der Waals surface area contributed by atoms with Crippen LogP contribution in [-0.2, 0) is 0 Å². The van der Waals surface area contributed by atoms with E-state index in [1.54, 1.807) is 30.3 Å². The first-order valence-corrected chi connectivity index (χ1v) is 6.07. The molecule has 6 heteroatoms. The zero-order chi connectivity index (χ0) is 14.0. The summed E-state index contributed by atoms with van der Waals surface area (Å²) in [7, 11) is 0. The molecule has 1 aromatic carbocycles. The minimum Gasteiger partial charge on any atom is -0.394 e. The predicted octanol–water partition coefficient (Wildman–Crippen LogP) is -1.41. The molecule has 1 fully saturated rings. The molecule has 4 N–H and O–H groups in total. The van der Waals surface area contributed by atoms with Gasteiger partial charge in [0, 0.05) is 5.56 Å². The highest BCUT2D eigenvalue weighted by atomic mass is 16.4. The van der Waals surface area contributed by atoms with Crippen LogP contribution >= 0.6 is 0 Å². The second-order valence-corrected chi connectivity index (χ2v) is 4.62. The monoisotopic (exact) mass is 267 g/mol. The normalized spacial score (nSPS) is 31.3. The van der Waals surface area contributed by atoms with E-state index in [1.807, 2.05) is 0 Å². The molecule has 1 aliphatic heterocycles. The van der Waals surface area contributed by atoms with Crippen molar-refractivity contribution < 1.29 is 25.2 Å². The molecule has 0 radical (unpaired) electrons. The van der Waals surface area contributed by atoms with E-state index in [0.717, 1.165) is 0 Å². The van der Waals surface area contributed by atoms with Gasteiger partial charge in [-0.3, -0.25) is 4.79 Å². The Morgan fingerprint density at radius 1 is 1.16 bits per heavy atom. The van der Waals surface area contributed by atoms with E-state index in [-0.39, 0.29) is 6.54 Å². The minimum atomic E-state index is -1.37. The van der Waals surface area contributed by atoms with Crippen molar-refractivity contribution in [2.75, 3.05) is 13.2 Å². The number of nitrogens with zero attached hydrogens (tertiary/aromatic N) is 1. The molecule has 0 aliphatic carbocycles. The highest BCUT2D eigenvalue weighted by molar-refractivity contribution is 5.94. The number of hydrogen-bond acceptors (Lipinski definition) is 5. The van der Waals surface area contributed by atoms with Crippen LogP contribution in [0.25, 0.3) is 0 Å². The number of hydrogen-bond donors (Lipinski definition) is 4. The maximum Gasteiger partial charge on any atom is 0.254 e. The molecular formula is C13H17NO5. The van der Waals surface area contributed by atoms with Crippen LogP contribution in [0, 0.1) is 0 Å². The third kappa shape index (κ3) is 2.62. The molecule has 0 saturated carbocycles. The Kier molecular flexibility index (Phi) is 4.16. The Balaban J connectivity index is 2.24. The third-order valence-electron chi connectivity index (χ3n) is 3.39. The van der Waals surface area contributed by atoms with Gasteiger partial charge in [-0.15, -0.1) is 0 Å². The molecule has 0 aromatic heterocycles. The fraction of sp³-hybridized carbons (Fsp3) is 0.462. The minimum absolute atomic E-state index is 0.128. The Labute approximate surface area is 110 Å². The fourth-order valence-electron chi connectivity index (χ4n) is 2.27. The summed E-state index contributed by atoms with van der Waals surface area (Å²) in [4.78, 5) is 13.5. The first-order valence-electron chi connectivity index (χ1n) is 6.07. The number of rotatable bonds is 2. The first-order chi connectivity index (χ1) is 9.06. The number of β-amino-alcohol motifs (C(OH)–C–C–N with tert-alkyl or cyclic N) is 1. The Bertz CT molecular complexity index is 438. The lowest BCUT2D eigenvalue weighted by Gasteiger charge is -2.43. The van der Waals surface area contributed by atoms with Crippen molar-refractivity contribution in [3.63, 3.8) is 0 Å². The molecule has 1 aromatic rings. The second-order valence-electron chi connectivity index (χ2n) is 4.62. The smallest absolute Gasteiger partial charge is 0.254 e. The average molecular weight is 267 g/mol. The van der Waals surface area contributed by atoms with Crippen LogP contribution < -0.4 is 0 Å². The molecule has 19 heavy (non-hydrogen) atoms. The van der Waals surface area contributed by atoms with E-state index in [4.69, 9.17) is 0 Å². The van der Waals surface area contributed by atoms with Crippen LogP contribution in [0.1, 0.15) is 10.4 Å². The molecule has 0 unspecified atom stereocenters. The van der Waals surface area contributed by atoms with E-state index in [2.05, 4.69) is 0 Å². The van der Waals surface area contributed by atoms with Gasteiger partial charge in [-0.25, -0.2) is 0 Å². The number of aliphatic hydroxyl groups excluding tert-OH is 4. The van der Waals surface area contributed by atoms with Crippen LogP contribution in [0.2, 0.25) is 0 Å². The van der Waals surface area contributed by atoms with Gasteiger partial charge in [-0.05, 0) is 12.1 Å². The molecule has 1 aliphatic rings. The van der Waals surface area contributed by atoms with Crippen LogP contribution in [0.5, 0.6) is 0 Å². The van der Waals surface area contributed by atoms with E-state index < -0.39 is 36.9 Å². The maximum atomic E-state index is 12.3. The van der Waals surface area contributed by atoms with Gasteiger partial charge in [0.15, 0.2) is 0 Å². The molecule has 4 atom stereocenters. The lowest BCUT2D eigenvalue weighted by atomic mass is 9.93. The van der Waals surface area contributed by atoms with Crippen molar-refractivity contribution in [2.45, 2.75) is 24.4 Å². The largest absolute Gasteiger partial charge is 0.394 e. The summed E-state index contributed by atoms with van der Waals surface area (Å²) in [6, 6.07) is 7.47. The molecular weight excluding hydrogens is 250 g/mol. The summed E-state index contributed by atoms with van der Waals surface area (Å²) < 4.78 is 0. The topological polar surface area (TPSA) is 101 Å². The van der Waals surface area contributed by atoms with E-state index >= 15 is 0 Å². The van der Waals surface area contributed by atoms with Crippen molar-refractivity contribution in [3.8, 4) is 0 Å². The van der Waals surface area contributed by atoms with Crippen LogP contribution in [0.15, 0.2) is 30.3 Å². The summed E-state index contributed by atoms with van der Waals surface area (Å²) in [5.74, 6) is -0.398. The van der Waals surface area contributed by atoms with Crippen LogP contribution in [0.3, 0.4) is 0 Å². The first kappa shape index (κ1) is 14.0. The quantitative estimate of drug-likeness (QED) is 0.527. The van der Waals surface area contributed by atoms with Gasteiger partial charge < -0.3 is 25.3 Å². The fourth-order valence-corrected chi connectivity index (χ4v) is 2.27. The second kappa shape index (κ2) is 5.66. The summed E-state index contributed by atoms with van der Waals surface area (Å²) in [5, 5.41) is 38.3. The van der Waals surface area contributed by atoms with E-state index in [0.29, 0.717) is 5.56 Å². The molecule has 0 bridgehead atoms. The lowest BCUT2D eigenvalue weighted by Crippen LogP contribution is -2.63. The van der Waals surface area contributed by atoms with E-state index in [1.165, 1.54) is 4.90 Å². The number of likely N-dealkylation sites (tertiary alicyclic amines) is 1. The predicted molar refractivity (Wildman–Crippen MR) is 66.4 cm³/mol. The maximum absolute atomic E-state index is 12.3. The van der Waals surface area contributed by atoms with Crippen molar-refractivity contribution in [2.24, 2.45) is 0 Å². The Morgan fingerprint density at radius 3 is 2.37 bits per heavy atom. The van der Waals surface area contributed by atoms with Gasteiger partial charge in [0.2, 0.25) is 0 Å². The van der Waals surface area contributed by atoms with Crippen molar-refractivity contribution >= 4 is 5.91 Å². The molecule has 1 heterocycles. The number of carbonyl (C=O) groups excluding carboxylic acids is 1. The number of aliphatic hydroxyl groups is 4. The van der Waals surface area contributed by atoms with Crippen molar-refractivity contribution in [1.29, 1.82) is 0 Å². The highest BCUT2D eigenvalue weighted by Crippen LogP contribution is 2.21. The average Bonchev–Trinajstić information content (AvgIpc) is 2.44. The number of amides is 1. The zero-order valence-corrected chi connectivity index (χ0v) is 10.3. The molecule has 104 valence electrons. The standard InChI is InChI=1S/C13H17NO5/c15-7-9-11(17)12(18)10(16)6-14(9)13(19)8-4-2-1-3-5-8/h1-5,9-12,15-18H,6-7H2/t9-,10+,11-,12-/m1/s1. The van der Waals surface area contributed by atoms with Gasteiger partial charge in [-0.2, -0.15) is 0 Å². The van der Waals surface area contributed by atoms with Crippen LogP contribution in [0.4, 0.5) is 0 Å². The zero-order valence-electron chi connectivity index (χ0n) is 10.3. The SMILES string of the molecule is O=C(c1ccccc1)N1C[C@H](O)[C@@H](O)[C@H](O)[C@H]1CO. The van der Waals surface area contributed by atoms with Gasteiger partial charge >= 0.3 is 0 Å². The lowest BCUT2D eigenvalue weighted by molar-refractivity contribution is -0.134. The molecule has 2 rings (SSSR count). The van der Waals surface area contributed by atoms with Crippen molar-refractivity contribution in [1.82, 2.24) is 4.90 Å². The molecule has 6 nitrogen and oxygen atoms in total. The van der Waals surface area contributed by atoms with Gasteiger partial charge in [0.05, 0.1) is 19.2 Å². The molecule has 1 amide bonds. The third-order valence-corrected chi connectivity index (χ3v) is 3.39. The molecule has 0 spiro atoms. The van der Waals surface area contributed by atoms with Crippen molar-refractivity contribution in [3.05, 3.63) is 35.9 Å². The summed E-state index contributed by atoms with van der Waals surface area (Å²) in [6.45, 7) is -0.610. The van der Waals surface area contributed by atoms with Gasteiger partial charge in [0.1, 0.15) is 18.3 Å². The highest BCUT2D eigenvalue weighted by Gasteiger charge is 2.43. The summed E-state index contributed by atoms with van der Waals surface area (Å²) in [5.41, 5.74) is 0.400. The van der Waals surface area contributed by atoms with Crippen LogP contribution in [-0.4, -0.2) is 68.7 Å². The number of benzene rings is 1. The number of piperidine rings is 1. The summed E-state index contributed by atoms with van der Waals surface area (Å²) in [6.07, 6.45) is -3.97. The summed E-state index contributed by atoms with van der Waals surface area (Å²) >= 11 is 0. The van der Waals surface area contributed by atoms with Gasteiger partial charge in [-0.1, -0.05) is 18.2 Å². The Hall–Kier alpha value is -1.47. The Morgan fingerprint density at radius 2 is 1.79 bits per heavy atom. The van der Waals surface area contributed by atoms with E-state index in [9.17, 15) is 25.2 Å². The van der Waals surface area contributed by atoms with Gasteiger partial charge in [0.25, 0.3) is 5.91 Å².